The number of urea groups is 1. The van der Waals surface area contributed by atoms with Crippen LogP contribution in [-0.4, -0.2) is 18.7 Å². The van der Waals surface area contributed by atoms with Crippen molar-refractivity contribution in [3.8, 4) is 6.07 Å². The number of carbonyl (C=O) groups excluding carboxylic acids is 1. The fourth-order valence-electron chi connectivity index (χ4n) is 2.71. The highest BCUT2D eigenvalue weighted by Gasteiger charge is 2.30. The van der Waals surface area contributed by atoms with Crippen LogP contribution in [-0.2, 0) is 4.74 Å². The van der Waals surface area contributed by atoms with Crippen LogP contribution in [0, 0.1) is 11.3 Å². The number of rotatable bonds is 3. The van der Waals surface area contributed by atoms with Crippen LogP contribution in [0.5, 0.6) is 0 Å². The highest BCUT2D eigenvalue weighted by atomic mass is 16.5. The van der Waals surface area contributed by atoms with Crippen molar-refractivity contribution in [2.75, 3.05) is 11.9 Å². The van der Waals surface area contributed by atoms with E-state index in [1.54, 1.807) is 24.3 Å². The Morgan fingerprint density at radius 2 is 2.00 bits per heavy atom. The first-order chi connectivity index (χ1) is 11.3. The average molecular weight is 307 g/mol. The third-order valence-corrected chi connectivity index (χ3v) is 3.79. The maximum Gasteiger partial charge on any atom is 0.319 e. The first-order valence-corrected chi connectivity index (χ1v) is 7.50. The Morgan fingerprint density at radius 3 is 2.78 bits per heavy atom. The Balaban J connectivity index is 1.64. The number of nitriles is 1. The van der Waals surface area contributed by atoms with Crippen LogP contribution in [0.3, 0.4) is 0 Å². The number of carbonyl (C=O) groups is 1. The molecule has 0 radical (unpaired) electrons. The van der Waals surface area contributed by atoms with Gasteiger partial charge in [0.2, 0.25) is 0 Å². The van der Waals surface area contributed by atoms with Crippen molar-refractivity contribution in [3.63, 3.8) is 0 Å². The maximum atomic E-state index is 12.2. The first-order valence-electron chi connectivity index (χ1n) is 7.50. The topological polar surface area (TPSA) is 74.2 Å². The molecule has 116 valence electrons. The van der Waals surface area contributed by atoms with Gasteiger partial charge in [-0.05, 0) is 30.2 Å². The molecule has 0 aromatic heterocycles. The summed E-state index contributed by atoms with van der Waals surface area (Å²) in [7, 11) is 0. The number of nitrogens with one attached hydrogen (secondary N) is 2. The molecule has 0 spiro atoms. The highest BCUT2D eigenvalue weighted by molar-refractivity contribution is 5.89. The second kappa shape index (κ2) is 6.95. The summed E-state index contributed by atoms with van der Waals surface area (Å²) in [5.41, 5.74) is 2.16. The standard InChI is InChI=1S/C18H17N3O2/c19-12-13-5-4-8-15(11-13)20-18(22)21-16-9-10-23-17(16)14-6-2-1-3-7-14/h1-8,11,16-17H,9-10H2,(H2,20,21,22)/t16-,17+/m1/s1. The molecule has 2 atom stereocenters. The van der Waals surface area contributed by atoms with Crippen LogP contribution in [0.25, 0.3) is 0 Å². The van der Waals surface area contributed by atoms with Crippen LogP contribution in [0.4, 0.5) is 10.5 Å². The molecule has 0 saturated carbocycles. The molecule has 0 bridgehead atoms. The number of nitrogens with zero attached hydrogens (tertiary/aromatic N) is 1. The number of hydrogen-bond acceptors (Lipinski definition) is 3. The van der Waals surface area contributed by atoms with E-state index in [4.69, 9.17) is 10.00 Å². The third-order valence-electron chi connectivity index (χ3n) is 3.79. The molecule has 1 fully saturated rings. The fourth-order valence-corrected chi connectivity index (χ4v) is 2.71. The summed E-state index contributed by atoms with van der Waals surface area (Å²) < 4.78 is 5.75. The lowest BCUT2D eigenvalue weighted by molar-refractivity contribution is 0.100. The van der Waals surface area contributed by atoms with Crippen LogP contribution in [0.15, 0.2) is 54.6 Å². The Morgan fingerprint density at radius 1 is 1.17 bits per heavy atom. The van der Waals surface area contributed by atoms with E-state index >= 15 is 0 Å². The highest BCUT2D eigenvalue weighted by Crippen LogP contribution is 2.29. The van der Waals surface area contributed by atoms with Crippen molar-refractivity contribution in [2.45, 2.75) is 18.6 Å². The first kappa shape index (κ1) is 15.1. The average Bonchev–Trinajstić information content (AvgIpc) is 3.03. The molecular formula is C18H17N3O2. The number of amides is 2. The molecule has 5 heteroatoms. The number of anilines is 1. The minimum absolute atomic E-state index is 0.0726. The second-order valence-electron chi connectivity index (χ2n) is 5.39. The Labute approximate surface area is 134 Å². The molecule has 5 nitrogen and oxygen atoms in total. The van der Waals surface area contributed by atoms with E-state index in [-0.39, 0.29) is 18.2 Å². The van der Waals surface area contributed by atoms with Gasteiger partial charge in [0, 0.05) is 12.3 Å². The number of hydrogen-bond donors (Lipinski definition) is 2. The number of benzene rings is 2. The SMILES string of the molecule is N#Cc1cccc(NC(=O)N[C@@H]2CCO[C@H]2c2ccccc2)c1. The van der Waals surface area contributed by atoms with Gasteiger partial charge in [-0.2, -0.15) is 5.26 Å². The van der Waals surface area contributed by atoms with E-state index in [1.807, 2.05) is 30.3 Å². The van der Waals surface area contributed by atoms with Crippen molar-refractivity contribution in [3.05, 3.63) is 65.7 Å². The predicted octanol–water partition coefficient (Wildman–Crippen LogP) is 3.21. The minimum Gasteiger partial charge on any atom is -0.371 e. The molecule has 1 saturated heterocycles. The fraction of sp³-hybridized carbons (Fsp3) is 0.222. The van der Waals surface area contributed by atoms with Gasteiger partial charge in [0.15, 0.2) is 0 Å². The summed E-state index contributed by atoms with van der Waals surface area (Å²) in [4.78, 5) is 12.2. The molecule has 1 aliphatic rings. The van der Waals surface area contributed by atoms with Crippen LogP contribution in [0.2, 0.25) is 0 Å². The van der Waals surface area contributed by atoms with Crippen molar-refractivity contribution in [2.24, 2.45) is 0 Å². The van der Waals surface area contributed by atoms with Crippen molar-refractivity contribution in [1.29, 1.82) is 5.26 Å². The van der Waals surface area contributed by atoms with E-state index in [2.05, 4.69) is 16.7 Å². The second-order valence-corrected chi connectivity index (χ2v) is 5.39. The lowest BCUT2D eigenvalue weighted by Gasteiger charge is -2.20. The van der Waals surface area contributed by atoms with Gasteiger partial charge < -0.3 is 15.4 Å². The summed E-state index contributed by atoms with van der Waals surface area (Å²) in [6.45, 7) is 0.619. The molecule has 1 heterocycles. The molecule has 2 aromatic rings. The maximum absolute atomic E-state index is 12.2. The van der Waals surface area contributed by atoms with Crippen LogP contribution < -0.4 is 10.6 Å². The predicted molar refractivity (Wildman–Crippen MR) is 86.9 cm³/mol. The van der Waals surface area contributed by atoms with Gasteiger partial charge in [0.05, 0.1) is 17.7 Å². The van der Waals surface area contributed by atoms with Gasteiger partial charge in [-0.15, -0.1) is 0 Å². The Kier molecular flexibility index (Phi) is 4.55. The van der Waals surface area contributed by atoms with E-state index in [9.17, 15) is 4.79 Å². The number of ether oxygens (including phenoxy) is 1. The smallest absolute Gasteiger partial charge is 0.319 e. The lowest BCUT2D eigenvalue weighted by atomic mass is 10.0. The zero-order valence-corrected chi connectivity index (χ0v) is 12.5. The summed E-state index contributed by atoms with van der Waals surface area (Å²) in [5, 5.41) is 14.6. The van der Waals surface area contributed by atoms with Gasteiger partial charge in [-0.25, -0.2) is 4.79 Å². The molecule has 3 rings (SSSR count). The van der Waals surface area contributed by atoms with Gasteiger partial charge >= 0.3 is 6.03 Å². The summed E-state index contributed by atoms with van der Waals surface area (Å²) in [6, 6.07) is 18.4. The van der Waals surface area contributed by atoms with Crippen molar-refractivity contribution in [1.82, 2.24) is 5.32 Å². The van der Waals surface area contributed by atoms with E-state index < -0.39 is 0 Å². The molecule has 2 N–H and O–H groups in total. The molecule has 0 aliphatic carbocycles. The molecular weight excluding hydrogens is 290 g/mol. The normalized spacial score (nSPS) is 19.8. The van der Waals surface area contributed by atoms with E-state index in [0.717, 1.165) is 12.0 Å². The van der Waals surface area contributed by atoms with Crippen LogP contribution in [0.1, 0.15) is 23.7 Å². The van der Waals surface area contributed by atoms with Gasteiger partial charge in [0.25, 0.3) is 0 Å². The zero-order valence-electron chi connectivity index (χ0n) is 12.5. The van der Waals surface area contributed by atoms with E-state index in [1.165, 1.54) is 0 Å². The van der Waals surface area contributed by atoms with Crippen molar-refractivity contribution >= 4 is 11.7 Å². The molecule has 2 amide bonds. The van der Waals surface area contributed by atoms with E-state index in [0.29, 0.717) is 17.9 Å². The molecule has 23 heavy (non-hydrogen) atoms. The lowest BCUT2D eigenvalue weighted by Crippen LogP contribution is -2.39. The monoisotopic (exact) mass is 307 g/mol. The molecule has 1 aliphatic heterocycles. The Hall–Kier alpha value is -2.84. The summed E-state index contributed by atoms with van der Waals surface area (Å²) in [5.74, 6) is 0. The van der Waals surface area contributed by atoms with Gasteiger partial charge in [0.1, 0.15) is 6.10 Å². The zero-order chi connectivity index (χ0) is 16.1. The van der Waals surface area contributed by atoms with Gasteiger partial charge in [-0.3, -0.25) is 0 Å². The molecule has 2 aromatic carbocycles. The Bertz CT molecular complexity index is 725. The summed E-state index contributed by atoms with van der Waals surface area (Å²) in [6.07, 6.45) is 0.637. The largest absolute Gasteiger partial charge is 0.371 e. The third kappa shape index (κ3) is 3.68. The molecule has 0 unspecified atom stereocenters. The summed E-state index contributed by atoms with van der Waals surface area (Å²) >= 11 is 0. The quantitative estimate of drug-likeness (QED) is 0.914. The van der Waals surface area contributed by atoms with Gasteiger partial charge in [-0.1, -0.05) is 36.4 Å². The minimum atomic E-state index is -0.295. The van der Waals surface area contributed by atoms with Crippen molar-refractivity contribution < 1.29 is 9.53 Å². The van der Waals surface area contributed by atoms with Crippen LogP contribution >= 0.6 is 0 Å².